The topological polar surface area (TPSA) is 41.5 Å². The van der Waals surface area contributed by atoms with Crippen LogP contribution in [0.1, 0.15) is 6.92 Å². The summed E-state index contributed by atoms with van der Waals surface area (Å²) in [5, 5.41) is 12.0. The zero-order valence-corrected chi connectivity index (χ0v) is 5.85. The fraction of sp³-hybridized carbons (Fsp3) is 1.00. The van der Waals surface area contributed by atoms with Crippen LogP contribution in [0.5, 0.6) is 0 Å². The van der Waals surface area contributed by atoms with Gasteiger partial charge in [0.15, 0.2) is 0 Å². The van der Waals surface area contributed by atoms with Gasteiger partial charge in [-0.15, -0.1) is 0 Å². The highest BCUT2D eigenvalue weighted by atomic mass is 16.5. The summed E-state index contributed by atoms with van der Waals surface area (Å²) in [7, 11) is 1.63. The Balaban J connectivity index is 2.48. The van der Waals surface area contributed by atoms with Crippen molar-refractivity contribution in [2.45, 2.75) is 18.6 Å². The summed E-state index contributed by atoms with van der Waals surface area (Å²) in [6.07, 6.45) is 0. The van der Waals surface area contributed by atoms with Gasteiger partial charge in [-0.25, -0.2) is 0 Å². The van der Waals surface area contributed by atoms with Crippen LogP contribution >= 0.6 is 0 Å². The molecule has 3 nitrogen and oxygen atoms in total. The van der Waals surface area contributed by atoms with Crippen LogP contribution in [0.3, 0.4) is 0 Å². The van der Waals surface area contributed by atoms with Crippen molar-refractivity contribution in [3.05, 3.63) is 0 Å². The average Bonchev–Trinajstić information content (AvgIpc) is 1.89. The van der Waals surface area contributed by atoms with Gasteiger partial charge in [-0.05, 0) is 6.92 Å². The maximum atomic E-state index is 8.84. The Bertz CT molecular complexity index is 95.7. The van der Waals surface area contributed by atoms with E-state index in [0.717, 1.165) is 6.54 Å². The molecule has 1 unspecified atom stereocenters. The third-order valence-corrected chi connectivity index (χ3v) is 2.17. The molecule has 0 aliphatic carbocycles. The molecule has 1 aliphatic rings. The van der Waals surface area contributed by atoms with Crippen LogP contribution in [0.4, 0.5) is 0 Å². The van der Waals surface area contributed by atoms with Crippen molar-refractivity contribution in [2.75, 3.05) is 20.3 Å². The molecule has 1 fully saturated rings. The third kappa shape index (κ3) is 0.852. The maximum absolute atomic E-state index is 8.84. The van der Waals surface area contributed by atoms with Crippen LogP contribution < -0.4 is 5.32 Å². The minimum Gasteiger partial charge on any atom is -0.393 e. The molecule has 1 heterocycles. The van der Waals surface area contributed by atoms with Crippen molar-refractivity contribution >= 4 is 0 Å². The van der Waals surface area contributed by atoms with Crippen LogP contribution in [-0.4, -0.2) is 37.0 Å². The van der Waals surface area contributed by atoms with Gasteiger partial charge in [0.2, 0.25) is 0 Å². The molecule has 0 amide bonds. The average molecular weight is 131 g/mol. The summed E-state index contributed by atoms with van der Waals surface area (Å²) in [6.45, 7) is 2.88. The van der Waals surface area contributed by atoms with Crippen molar-refractivity contribution in [3.63, 3.8) is 0 Å². The van der Waals surface area contributed by atoms with Gasteiger partial charge in [-0.3, -0.25) is 0 Å². The third-order valence-electron chi connectivity index (χ3n) is 2.17. The predicted molar refractivity (Wildman–Crippen MR) is 34.3 cm³/mol. The van der Waals surface area contributed by atoms with Crippen molar-refractivity contribution in [1.29, 1.82) is 0 Å². The van der Waals surface area contributed by atoms with Gasteiger partial charge in [-0.1, -0.05) is 0 Å². The highest BCUT2D eigenvalue weighted by Crippen LogP contribution is 2.21. The first-order chi connectivity index (χ1) is 4.25. The molecular formula is C6H13NO2. The minimum absolute atomic E-state index is 0.109. The molecule has 1 rings (SSSR count). The molecule has 0 spiro atoms. The zero-order chi connectivity index (χ0) is 6.91. The van der Waals surface area contributed by atoms with Crippen molar-refractivity contribution in [1.82, 2.24) is 5.32 Å². The second kappa shape index (κ2) is 2.25. The number of nitrogens with one attached hydrogen (secondary N) is 1. The largest absolute Gasteiger partial charge is 0.393 e. The lowest BCUT2D eigenvalue weighted by atomic mass is 9.88. The Labute approximate surface area is 55.0 Å². The van der Waals surface area contributed by atoms with Crippen LogP contribution in [0.25, 0.3) is 0 Å². The summed E-state index contributed by atoms with van der Waals surface area (Å²) in [6, 6.07) is 0.285. The van der Waals surface area contributed by atoms with Crippen LogP contribution in [-0.2, 0) is 4.74 Å². The molecule has 2 atom stereocenters. The maximum Gasteiger partial charge on any atom is 0.118 e. The predicted octanol–water partition coefficient (Wildman–Crippen LogP) is -0.644. The van der Waals surface area contributed by atoms with E-state index in [-0.39, 0.29) is 18.2 Å². The molecule has 0 radical (unpaired) electrons. The molecule has 2 N–H and O–H groups in total. The van der Waals surface area contributed by atoms with E-state index < -0.39 is 0 Å². The molecule has 1 aliphatic heterocycles. The lowest BCUT2D eigenvalue weighted by Crippen LogP contribution is -2.69. The normalized spacial score (nSPS) is 42.3. The van der Waals surface area contributed by atoms with E-state index in [2.05, 4.69) is 5.32 Å². The highest BCUT2D eigenvalue weighted by Gasteiger charge is 2.43. The lowest BCUT2D eigenvalue weighted by Gasteiger charge is -2.46. The highest BCUT2D eigenvalue weighted by molar-refractivity contribution is 5.01. The number of methoxy groups -OCH3 is 1. The summed E-state index contributed by atoms with van der Waals surface area (Å²) < 4.78 is 5.12. The smallest absolute Gasteiger partial charge is 0.118 e. The Morgan fingerprint density at radius 1 is 1.89 bits per heavy atom. The molecule has 0 aromatic rings. The number of aliphatic hydroxyl groups excluding tert-OH is 1. The number of aliphatic hydroxyl groups is 1. The molecule has 1 saturated heterocycles. The van der Waals surface area contributed by atoms with Gasteiger partial charge in [0, 0.05) is 19.7 Å². The lowest BCUT2D eigenvalue weighted by molar-refractivity contribution is -0.116. The molecule has 0 aromatic carbocycles. The summed E-state index contributed by atoms with van der Waals surface area (Å²) in [4.78, 5) is 0. The van der Waals surface area contributed by atoms with Crippen molar-refractivity contribution in [2.24, 2.45) is 0 Å². The van der Waals surface area contributed by atoms with Gasteiger partial charge in [0.1, 0.15) is 5.60 Å². The zero-order valence-electron chi connectivity index (χ0n) is 5.85. The van der Waals surface area contributed by atoms with Gasteiger partial charge >= 0.3 is 0 Å². The first kappa shape index (κ1) is 6.99. The molecule has 0 aromatic heterocycles. The molecule has 3 heteroatoms. The van der Waals surface area contributed by atoms with E-state index in [1.165, 1.54) is 0 Å². The van der Waals surface area contributed by atoms with E-state index in [9.17, 15) is 0 Å². The fourth-order valence-corrected chi connectivity index (χ4v) is 1.04. The summed E-state index contributed by atoms with van der Waals surface area (Å²) in [5.41, 5.74) is -0.292. The Hall–Kier alpha value is -0.120. The Kier molecular flexibility index (Phi) is 1.75. The van der Waals surface area contributed by atoms with E-state index in [1.54, 1.807) is 7.11 Å². The summed E-state index contributed by atoms with van der Waals surface area (Å²) in [5.74, 6) is 0. The number of rotatable bonds is 2. The summed E-state index contributed by atoms with van der Waals surface area (Å²) >= 11 is 0. The monoisotopic (exact) mass is 131 g/mol. The molecule has 9 heavy (non-hydrogen) atoms. The molecule has 0 bridgehead atoms. The van der Waals surface area contributed by atoms with Gasteiger partial charge < -0.3 is 15.2 Å². The van der Waals surface area contributed by atoms with Crippen molar-refractivity contribution in [3.8, 4) is 0 Å². The minimum atomic E-state index is -0.292. The second-order valence-electron chi connectivity index (χ2n) is 2.53. The first-order valence-electron chi connectivity index (χ1n) is 3.14. The van der Waals surface area contributed by atoms with E-state index in [4.69, 9.17) is 9.84 Å². The van der Waals surface area contributed by atoms with Crippen molar-refractivity contribution < 1.29 is 9.84 Å². The first-order valence-corrected chi connectivity index (χ1v) is 3.14. The standard InChI is InChI=1S/C6H13NO2/c1-5-6(4-8,9-2)3-7-5/h5,7-8H,3-4H2,1-2H3/t5-,6?/m0/s1. The number of hydrogen-bond acceptors (Lipinski definition) is 3. The quantitative estimate of drug-likeness (QED) is 0.523. The molecular weight excluding hydrogens is 118 g/mol. The fourth-order valence-electron chi connectivity index (χ4n) is 1.04. The SMILES string of the molecule is COC1(CO)CN[C@H]1C. The molecule has 54 valence electrons. The Morgan fingerprint density at radius 2 is 2.56 bits per heavy atom. The van der Waals surface area contributed by atoms with E-state index in [1.807, 2.05) is 6.92 Å². The van der Waals surface area contributed by atoms with Gasteiger partial charge in [-0.2, -0.15) is 0 Å². The van der Waals surface area contributed by atoms with Crippen LogP contribution in [0.15, 0.2) is 0 Å². The van der Waals surface area contributed by atoms with E-state index >= 15 is 0 Å². The second-order valence-corrected chi connectivity index (χ2v) is 2.53. The van der Waals surface area contributed by atoms with Gasteiger partial charge in [0.25, 0.3) is 0 Å². The van der Waals surface area contributed by atoms with E-state index in [0.29, 0.717) is 0 Å². The van der Waals surface area contributed by atoms with Gasteiger partial charge in [0.05, 0.1) is 6.61 Å². The number of ether oxygens (including phenoxy) is 1. The van der Waals surface area contributed by atoms with Crippen LogP contribution in [0.2, 0.25) is 0 Å². The molecule has 0 saturated carbocycles. The number of hydrogen-bond donors (Lipinski definition) is 2. The van der Waals surface area contributed by atoms with Crippen LogP contribution in [0, 0.1) is 0 Å². The Morgan fingerprint density at radius 3 is 2.56 bits per heavy atom.